The predicted octanol–water partition coefficient (Wildman–Crippen LogP) is 2.22. The maximum atomic E-state index is 13.7. The number of nitrogens with two attached hydrogens (primary N) is 1. The largest absolute Gasteiger partial charge is 0.481 e. The van der Waals surface area contributed by atoms with E-state index in [9.17, 15) is 37.5 Å². The number of likely N-dealkylation sites (N-methyl/N-ethyl adjacent to an activating group) is 1. The highest BCUT2D eigenvalue weighted by atomic mass is 35.5. The lowest BCUT2D eigenvalue weighted by atomic mass is 9.80. The summed E-state index contributed by atoms with van der Waals surface area (Å²) < 4.78 is 44.8. The van der Waals surface area contributed by atoms with Crippen LogP contribution < -0.4 is 11.1 Å². The van der Waals surface area contributed by atoms with Gasteiger partial charge >= 0.3 is 12.1 Å². The molecule has 2 rings (SSSR count). The summed E-state index contributed by atoms with van der Waals surface area (Å²) in [5.41, 5.74) is 5.29. The molecule has 4 atom stereocenters. The average Bonchev–Trinajstić information content (AvgIpc) is 2.87. The van der Waals surface area contributed by atoms with Gasteiger partial charge in [-0.25, -0.2) is 0 Å². The van der Waals surface area contributed by atoms with E-state index in [0.29, 0.717) is 17.9 Å². The van der Waals surface area contributed by atoms with E-state index in [4.69, 9.17) is 22.1 Å². The third-order valence-electron chi connectivity index (χ3n) is 6.97. The summed E-state index contributed by atoms with van der Waals surface area (Å²) in [5.74, 6) is -5.40. The van der Waals surface area contributed by atoms with Crippen molar-refractivity contribution >= 4 is 35.3 Å². The van der Waals surface area contributed by atoms with Gasteiger partial charge in [-0.05, 0) is 43.9 Å². The van der Waals surface area contributed by atoms with E-state index in [0.717, 1.165) is 5.56 Å². The van der Waals surface area contributed by atoms with Crippen molar-refractivity contribution in [2.24, 2.45) is 11.7 Å². The summed E-state index contributed by atoms with van der Waals surface area (Å²) in [6.45, 7) is 1.23. The molecule has 0 aromatic heterocycles. The Morgan fingerprint density at radius 2 is 1.88 bits per heavy atom. The minimum absolute atomic E-state index is 0.0974. The first kappa shape index (κ1) is 33.3. The molecule has 1 heterocycles. The van der Waals surface area contributed by atoms with Crippen molar-refractivity contribution in [2.45, 2.75) is 62.8 Å². The molecule has 1 aromatic carbocycles. The minimum Gasteiger partial charge on any atom is -0.481 e. The molecule has 4 N–H and O–H groups in total. The van der Waals surface area contributed by atoms with Crippen LogP contribution in [0.15, 0.2) is 24.3 Å². The van der Waals surface area contributed by atoms with Gasteiger partial charge in [-0.3, -0.25) is 19.2 Å². The zero-order chi connectivity index (χ0) is 30.3. The Kier molecular flexibility index (Phi) is 11.8. The molecule has 1 aliphatic rings. The number of methoxy groups -OCH3 is 1. The van der Waals surface area contributed by atoms with E-state index in [1.54, 1.807) is 24.3 Å². The fourth-order valence-electron chi connectivity index (χ4n) is 4.93. The SMILES string of the molecule is COC[C@H](NC(=O)[C@H](C)N)C(=O)N(C)[C@@]1(Cc2ccc(Cl)cc2)CCCN(C(=O)[C@@H](CC(=O)O)CC(F)(F)F)C1. The second kappa shape index (κ2) is 14.1. The molecule has 0 bridgehead atoms. The normalized spacial score (nSPS) is 19.9. The number of amides is 3. The maximum Gasteiger partial charge on any atom is 0.389 e. The second-order valence-electron chi connectivity index (χ2n) is 10.2. The highest BCUT2D eigenvalue weighted by Crippen LogP contribution is 2.34. The van der Waals surface area contributed by atoms with E-state index in [1.165, 1.54) is 30.9 Å². The molecule has 14 heteroatoms. The third kappa shape index (κ3) is 9.34. The molecule has 0 saturated carbocycles. The molecule has 10 nitrogen and oxygen atoms in total. The molecule has 1 aromatic rings. The van der Waals surface area contributed by atoms with Gasteiger partial charge in [0, 0.05) is 32.3 Å². The molecule has 3 amide bonds. The second-order valence-corrected chi connectivity index (χ2v) is 10.6. The van der Waals surface area contributed by atoms with Crippen molar-refractivity contribution in [2.75, 3.05) is 33.9 Å². The summed E-state index contributed by atoms with van der Waals surface area (Å²) in [6.07, 6.45) is -6.38. The number of rotatable bonds is 12. The van der Waals surface area contributed by atoms with E-state index in [1.807, 2.05) is 0 Å². The Morgan fingerprint density at radius 3 is 2.40 bits per heavy atom. The van der Waals surface area contributed by atoms with E-state index >= 15 is 0 Å². The Labute approximate surface area is 235 Å². The number of hydrogen-bond donors (Lipinski definition) is 3. The Balaban J connectivity index is 2.47. The number of carboxylic acids is 1. The average molecular weight is 593 g/mol. The van der Waals surface area contributed by atoms with Crippen molar-refractivity contribution in [3.63, 3.8) is 0 Å². The summed E-state index contributed by atoms with van der Waals surface area (Å²) in [5, 5.41) is 12.2. The van der Waals surface area contributed by atoms with Gasteiger partial charge in [0.05, 0.1) is 36.9 Å². The molecule has 1 saturated heterocycles. The van der Waals surface area contributed by atoms with Gasteiger partial charge in [-0.15, -0.1) is 0 Å². The fraction of sp³-hybridized carbons (Fsp3) is 0.615. The number of carbonyl (C=O) groups excluding carboxylic acids is 3. The van der Waals surface area contributed by atoms with E-state index < -0.39 is 66.2 Å². The van der Waals surface area contributed by atoms with Gasteiger partial charge in [0.15, 0.2) is 0 Å². The van der Waals surface area contributed by atoms with Gasteiger partial charge in [0.25, 0.3) is 0 Å². The van der Waals surface area contributed by atoms with Gasteiger partial charge in [0.1, 0.15) is 6.04 Å². The van der Waals surface area contributed by atoms with Crippen LogP contribution in [0.1, 0.15) is 38.2 Å². The van der Waals surface area contributed by atoms with Gasteiger partial charge in [-0.2, -0.15) is 13.2 Å². The highest BCUT2D eigenvalue weighted by Gasteiger charge is 2.46. The van der Waals surface area contributed by atoms with E-state index in [2.05, 4.69) is 5.32 Å². The molecule has 224 valence electrons. The smallest absolute Gasteiger partial charge is 0.389 e. The number of benzene rings is 1. The first-order chi connectivity index (χ1) is 18.6. The zero-order valence-electron chi connectivity index (χ0n) is 22.7. The van der Waals surface area contributed by atoms with Gasteiger partial charge in [-0.1, -0.05) is 23.7 Å². The Hall–Kier alpha value is -2.90. The van der Waals surface area contributed by atoms with Crippen LogP contribution in [0.5, 0.6) is 0 Å². The number of ether oxygens (including phenoxy) is 1. The number of piperidine rings is 1. The van der Waals surface area contributed by atoms with Crippen molar-refractivity contribution in [3.05, 3.63) is 34.9 Å². The third-order valence-corrected chi connectivity index (χ3v) is 7.22. The van der Waals surface area contributed by atoms with Crippen molar-refractivity contribution in [1.29, 1.82) is 0 Å². The number of carbonyl (C=O) groups is 4. The quantitative estimate of drug-likeness (QED) is 0.338. The zero-order valence-corrected chi connectivity index (χ0v) is 23.4. The molecule has 0 radical (unpaired) electrons. The first-order valence-corrected chi connectivity index (χ1v) is 13.1. The monoisotopic (exact) mass is 592 g/mol. The van der Waals surface area contributed by atoms with E-state index in [-0.39, 0.29) is 26.1 Å². The molecular weight excluding hydrogens is 557 g/mol. The number of likely N-dealkylation sites (tertiary alicyclic amines) is 1. The van der Waals surface area contributed by atoms with Crippen LogP contribution >= 0.6 is 11.6 Å². The topological polar surface area (TPSA) is 142 Å². The summed E-state index contributed by atoms with van der Waals surface area (Å²) >= 11 is 6.02. The molecule has 0 spiro atoms. The van der Waals surface area contributed by atoms with Crippen molar-refractivity contribution in [1.82, 2.24) is 15.1 Å². The number of aliphatic carboxylic acids is 1. The number of hydrogen-bond acceptors (Lipinski definition) is 6. The van der Waals surface area contributed by atoms with Gasteiger partial charge in [0.2, 0.25) is 17.7 Å². The van der Waals surface area contributed by atoms with Crippen LogP contribution in [-0.2, 0) is 30.3 Å². The van der Waals surface area contributed by atoms with Crippen molar-refractivity contribution in [3.8, 4) is 0 Å². The Bertz CT molecular complexity index is 1060. The van der Waals surface area contributed by atoms with Crippen LogP contribution in [0.2, 0.25) is 5.02 Å². The molecule has 0 unspecified atom stereocenters. The Morgan fingerprint density at radius 1 is 1.25 bits per heavy atom. The fourth-order valence-corrected chi connectivity index (χ4v) is 5.05. The summed E-state index contributed by atoms with van der Waals surface area (Å²) in [6, 6.07) is 4.77. The molecule has 1 aliphatic heterocycles. The molecule has 1 fully saturated rings. The lowest BCUT2D eigenvalue weighted by Gasteiger charge is -2.49. The van der Waals surface area contributed by atoms with Crippen molar-refractivity contribution < 1.29 is 42.2 Å². The van der Waals surface area contributed by atoms with Gasteiger partial charge < -0.3 is 30.7 Å². The van der Waals surface area contributed by atoms with Crippen LogP contribution in [0.25, 0.3) is 0 Å². The number of halogens is 4. The van der Waals surface area contributed by atoms with Crippen LogP contribution in [0.3, 0.4) is 0 Å². The summed E-state index contributed by atoms with van der Waals surface area (Å²) in [7, 11) is 2.85. The molecule has 0 aliphatic carbocycles. The number of carboxylic acid groups (broad SMARTS) is 1. The minimum atomic E-state index is -4.75. The maximum absolute atomic E-state index is 13.7. The number of nitrogens with zero attached hydrogens (tertiary/aromatic N) is 2. The molecule has 40 heavy (non-hydrogen) atoms. The standard InChI is InChI=1S/C26H36ClF3N4O6/c1-16(31)22(37)32-20(14-40-3)24(39)33(2)25(12-17-5-7-19(27)8-6-17)9-4-10-34(15-25)23(38)18(11-21(35)36)13-26(28,29)30/h5-8,16,18,20H,4,9-15,31H2,1-3H3,(H,32,37)(H,35,36)/t16-,18-,20-,25+/m0/s1. The lowest BCUT2D eigenvalue weighted by molar-refractivity contribution is -0.166. The predicted molar refractivity (Wildman–Crippen MR) is 140 cm³/mol. The first-order valence-electron chi connectivity index (χ1n) is 12.7. The summed E-state index contributed by atoms with van der Waals surface area (Å²) in [4.78, 5) is 53.2. The highest BCUT2D eigenvalue weighted by molar-refractivity contribution is 6.30. The number of alkyl halides is 3. The van der Waals surface area contributed by atoms with Crippen LogP contribution in [0, 0.1) is 5.92 Å². The number of nitrogens with one attached hydrogen (secondary N) is 1. The lowest BCUT2D eigenvalue weighted by Crippen LogP contribution is -2.65. The molecular formula is C26H36ClF3N4O6. The van der Waals surface area contributed by atoms with Crippen LogP contribution in [0.4, 0.5) is 13.2 Å². The van der Waals surface area contributed by atoms with Crippen LogP contribution in [-0.4, -0.2) is 96.2 Å².